The molecule has 0 spiro atoms. The van der Waals surface area contributed by atoms with Gasteiger partial charge < -0.3 is 9.84 Å². The zero-order chi connectivity index (χ0) is 19.0. The molecule has 140 valence electrons. The van der Waals surface area contributed by atoms with Crippen molar-refractivity contribution in [1.82, 2.24) is 4.90 Å². The standard InChI is InChI=1S/C21H27NO2.C2H4/c1-2-24-21-12-6-10-20(13-14-21)18-22(16-17-23)15-7-11-19-8-4-3-5-9-19;1-2/h3-5,7-14,23H,2,6,15-18H2,1H3;1-2H2/b11-7+;. The number of benzene rings is 1. The molecule has 1 aromatic rings. The van der Waals surface area contributed by atoms with Gasteiger partial charge in [-0.15, -0.1) is 13.2 Å². The average molecular weight is 354 g/mol. The lowest BCUT2D eigenvalue weighted by Crippen LogP contribution is -2.29. The summed E-state index contributed by atoms with van der Waals surface area (Å²) < 4.78 is 5.55. The highest BCUT2D eigenvalue weighted by Crippen LogP contribution is 2.13. The van der Waals surface area contributed by atoms with E-state index in [9.17, 15) is 5.11 Å². The Morgan fingerprint density at radius 2 is 1.92 bits per heavy atom. The maximum atomic E-state index is 9.32. The van der Waals surface area contributed by atoms with Gasteiger partial charge in [-0.25, -0.2) is 0 Å². The normalized spacial score (nSPS) is 13.7. The fraction of sp³-hybridized carbons (Fsp3) is 0.304. The first-order valence-electron chi connectivity index (χ1n) is 9.06. The minimum atomic E-state index is 0.165. The Balaban J connectivity index is 0.00000163. The van der Waals surface area contributed by atoms with E-state index in [1.54, 1.807) is 0 Å². The van der Waals surface area contributed by atoms with Gasteiger partial charge in [0.15, 0.2) is 0 Å². The Kier molecular flexibility index (Phi) is 11.6. The van der Waals surface area contributed by atoms with Gasteiger partial charge in [-0.3, -0.25) is 4.90 Å². The van der Waals surface area contributed by atoms with Crippen LogP contribution in [0.15, 0.2) is 85.2 Å². The molecule has 0 atom stereocenters. The number of aliphatic hydroxyl groups is 1. The second kappa shape index (κ2) is 13.9. The van der Waals surface area contributed by atoms with E-state index in [2.05, 4.69) is 60.6 Å². The molecule has 0 amide bonds. The van der Waals surface area contributed by atoms with Gasteiger partial charge in [0.1, 0.15) is 5.76 Å². The van der Waals surface area contributed by atoms with Crippen molar-refractivity contribution in [3.63, 3.8) is 0 Å². The van der Waals surface area contributed by atoms with Crippen molar-refractivity contribution >= 4 is 6.08 Å². The minimum absolute atomic E-state index is 0.165. The molecule has 3 heteroatoms. The summed E-state index contributed by atoms with van der Waals surface area (Å²) in [5.41, 5.74) is 2.45. The summed E-state index contributed by atoms with van der Waals surface area (Å²) >= 11 is 0. The maximum Gasteiger partial charge on any atom is 0.115 e. The largest absolute Gasteiger partial charge is 0.494 e. The SMILES string of the molecule is C=C.CCOC1=CCC=C(CN(C/C=C/c2ccccc2)CCO)C=C1. The summed E-state index contributed by atoms with van der Waals surface area (Å²) in [6.45, 7) is 11.1. The van der Waals surface area contributed by atoms with Gasteiger partial charge >= 0.3 is 0 Å². The monoisotopic (exact) mass is 353 g/mol. The van der Waals surface area contributed by atoms with Gasteiger partial charge in [-0.05, 0) is 36.6 Å². The fourth-order valence-corrected chi connectivity index (χ4v) is 2.58. The molecule has 3 nitrogen and oxygen atoms in total. The average Bonchev–Trinajstić information content (AvgIpc) is 2.90. The third-order valence-corrected chi connectivity index (χ3v) is 3.77. The molecular formula is C23H31NO2. The second-order valence-electron chi connectivity index (χ2n) is 5.66. The van der Waals surface area contributed by atoms with Crippen LogP contribution in [0, 0.1) is 0 Å². The van der Waals surface area contributed by atoms with Crippen LogP contribution in [0.3, 0.4) is 0 Å². The molecule has 1 aromatic carbocycles. The van der Waals surface area contributed by atoms with Gasteiger partial charge in [0.25, 0.3) is 0 Å². The lowest BCUT2D eigenvalue weighted by atomic mass is 10.2. The molecule has 0 aliphatic heterocycles. The van der Waals surface area contributed by atoms with Crippen molar-refractivity contribution < 1.29 is 9.84 Å². The van der Waals surface area contributed by atoms with E-state index in [-0.39, 0.29) is 6.61 Å². The van der Waals surface area contributed by atoms with Gasteiger partial charge in [-0.2, -0.15) is 0 Å². The number of rotatable bonds is 9. The molecular weight excluding hydrogens is 322 g/mol. The first kappa shape index (κ1) is 21.7. The van der Waals surface area contributed by atoms with Crippen LogP contribution < -0.4 is 0 Å². The quantitative estimate of drug-likeness (QED) is 0.659. The molecule has 0 saturated carbocycles. The zero-order valence-corrected chi connectivity index (χ0v) is 15.8. The topological polar surface area (TPSA) is 32.7 Å². The van der Waals surface area contributed by atoms with Crippen LogP contribution >= 0.6 is 0 Å². The third-order valence-electron chi connectivity index (χ3n) is 3.77. The van der Waals surface area contributed by atoms with Crippen molar-refractivity contribution in [3.8, 4) is 0 Å². The van der Waals surface area contributed by atoms with E-state index in [0.717, 1.165) is 25.3 Å². The summed E-state index contributed by atoms with van der Waals surface area (Å²) in [5.74, 6) is 0.932. The number of aliphatic hydroxyl groups excluding tert-OH is 1. The summed E-state index contributed by atoms with van der Waals surface area (Å²) in [6.07, 6.45) is 13.6. The summed E-state index contributed by atoms with van der Waals surface area (Å²) in [7, 11) is 0. The van der Waals surface area contributed by atoms with Crippen LogP contribution in [0.1, 0.15) is 18.9 Å². The predicted octanol–water partition coefficient (Wildman–Crippen LogP) is 4.60. The van der Waals surface area contributed by atoms with Crippen molar-refractivity contribution in [3.05, 3.63) is 90.8 Å². The van der Waals surface area contributed by atoms with Crippen LogP contribution in [0.25, 0.3) is 6.08 Å². The maximum absolute atomic E-state index is 9.32. The zero-order valence-electron chi connectivity index (χ0n) is 15.8. The van der Waals surface area contributed by atoms with Crippen molar-refractivity contribution in [1.29, 1.82) is 0 Å². The van der Waals surface area contributed by atoms with Crippen LogP contribution in [0.5, 0.6) is 0 Å². The molecule has 1 aliphatic carbocycles. The lowest BCUT2D eigenvalue weighted by molar-refractivity contribution is 0.218. The molecule has 0 radical (unpaired) electrons. The lowest BCUT2D eigenvalue weighted by Gasteiger charge is -2.20. The Hall–Kier alpha value is -2.36. The van der Waals surface area contributed by atoms with E-state index < -0.39 is 0 Å². The Morgan fingerprint density at radius 1 is 1.15 bits per heavy atom. The Labute approximate surface area is 158 Å². The van der Waals surface area contributed by atoms with E-state index in [1.165, 1.54) is 11.1 Å². The van der Waals surface area contributed by atoms with Crippen LogP contribution in [-0.4, -0.2) is 42.9 Å². The molecule has 26 heavy (non-hydrogen) atoms. The number of nitrogens with zero attached hydrogens (tertiary/aromatic N) is 1. The van der Waals surface area contributed by atoms with E-state index in [1.807, 2.05) is 31.2 Å². The molecule has 0 unspecified atom stereocenters. The predicted molar refractivity (Wildman–Crippen MR) is 112 cm³/mol. The van der Waals surface area contributed by atoms with Gasteiger partial charge in [0.2, 0.25) is 0 Å². The first-order chi connectivity index (χ1) is 12.8. The highest BCUT2D eigenvalue weighted by atomic mass is 16.5. The van der Waals surface area contributed by atoms with Gasteiger partial charge in [0, 0.05) is 19.6 Å². The highest BCUT2D eigenvalue weighted by Gasteiger charge is 2.06. The molecule has 1 N–H and O–H groups in total. The van der Waals surface area contributed by atoms with E-state index in [0.29, 0.717) is 13.2 Å². The van der Waals surface area contributed by atoms with Crippen LogP contribution in [0.2, 0.25) is 0 Å². The van der Waals surface area contributed by atoms with Crippen LogP contribution in [0.4, 0.5) is 0 Å². The second-order valence-corrected chi connectivity index (χ2v) is 5.66. The fourth-order valence-electron chi connectivity index (χ4n) is 2.58. The van der Waals surface area contributed by atoms with Crippen molar-refractivity contribution in [2.24, 2.45) is 0 Å². The molecule has 0 aromatic heterocycles. The molecule has 2 rings (SSSR count). The highest BCUT2D eigenvalue weighted by molar-refractivity contribution is 5.48. The van der Waals surface area contributed by atoms with Gasteiger partial charge in [0.05, 0.1) is 13.2 Å². The first-order valence-corrected chi connectivity index (χ1v) is 9.06. The third kappa shape index (κ3) is 8.65. The number of hydrogen-bond donors (Lipinski definition) is 1. The van der Waals surface area contributed by atoms with E-state index >= 15 is 0 Å². The molecule has 0 bridgehead atoms. The van der Waals surface area contributed by atoms with E-state index in [4.69, 9.17) is 4.74 Å². The summed E-state index contributed by atoms with van der Waals surface area (Å²) in [5, 5.41) is 9.32. The Morgan fingerprint density at radius 3 is 2.62 bits per heavy atom. The summed E-state index contributed by atoms with van der Waals surface area (Å²) in [4.78, 5) is 2.24. The molecule has 0 saturated heterocycles. The minimum Gasteiger partial charge on any atom is -0.494 e. The van der Waals surface area contributed by atoms with Crippen molar-refractivity contribution in [2.75, 3.05) is 32.8 Å². The molecule has 1 aliphatic rings. The van der Waals surface area contributed by atoms with Gasteiger partial charge in [-0.1, -0.05) is 54.6 Å². The number of ether oxygens (including phenoxy) is 1. The smallest absolute Gasteiger partial charge is 0.115 e. The van der Waals surface area contributed by atoms with Crippen LogP contribution in [-0.2, 0) is 4.74 Å². The number of hydrogen-bond acceptors (Lipinski definition) is 3. The Bertz CT molecular complexity index is 614. The molecule has 0 fully saturated rings. The van der Waals surface area contributed by atoms with Crippen molar-refractivity contribution in [2.45, 2.75) is 13.3 Å². The summed E-state index contributed by atoms with van der Waals surface area (Å²) in [6, 6.07) is 10.3. The number of allylic oxidation sites excluding steroid dienone is 3. The molecule has 0 heterocycles.